The molecule has 0 aliphatic heterocycles. The number of nitrogens with one attached hydrogen (secondary N) is 1. The minimum absolute atomic E-state index is 0.0939. The lowest BCUT2D eigenvalue weighted by atomic mass is 9.64. The van der Waals surface area contributed by atoms with E-state index in [1.807, 2.05) is 0 Å². The lowest BCUT2D eigenvalue weighted by molar-refractivity contribution is -0.0769. The quantitative estimate of drug-likeness (QED) is 0.710. The zero-order valence-electron chi connectivity index (χ0n) is 9.42. The number of hydrogen-bond acceptors (Lipinski definition) is 2. The van der Waals surface area contributed by atoms with Crippen LogP contribution in [0.25, 0.3) is 0 Å². The smallest absolute Gasteiger partial charge is 0.0621 e. The van der Waals surface area contributed by atoms with Crippen molar-refractivity contribution < 1.29 is 5.11 Å². The van der Waals surface area contributed by atoms with Crippen LogP contribution >= 0.6 is 0 Å². The van der Waals surface area contributed by atoms with Crippen molar-refractivity contribution in [2.45, 2.75) is 70.6 Å². The highest BCUT2D eigenvalue weighted by molar-refractivity contribution is 5.02. The molecule has 0 heterocycles. The molecule has 2 aliphatic carbocycles. The van der Waals surface area contributed by atoms with E-state index in [1.165, 1.54) is 32.1 Å². The standard InChI is InChI=1S/C12H23NO/c1-12(2)10(8-11(12)14)13-9-6-4-3-5-7-9/h9-11,13-14H,3-8H2,1-2H3. The predicted octanol–water partition coefficient (Wildman–Crippen LogP) is 2.07. The van der Waals surface area contributed by atoms with Crippen LogP contribution in [0, 0.1) is 5.41 Å². The first-order chi connectivity index (χ1) is 6.60. The molecule has 14 heavy (non-hydrogen) atoms. The Morgan fingerprint density at radius 1 is 1.14 bits per heavy atom. The Morgan fingerprint density at radius 3 is 2.29 bits per heavy atom. The van der Waals surface area contributed by atoms with E-state index in [4.69, 9.17) is 0 Å². The first-order valence-corrected chi connectivity index (χ1v) is 6.05. The number of hydrogen-bond donors (Lipinski definition) is 2. The van der Waals surface area contributed by atoms with Gasteiger partial charge < -0.3 is 10.4 Å². The van der Waals surface area contributed by atoms with E-state index in [2.05, 4.69) is 19.2 Å². The van der Waals surface area contributed by atoms with E-state index in [0.717, 1.165) is 12.5 Å². The van der Waals surface area contributed by atoms with Crippen LogP contribution in [0.2, 0.25) is 0 Å². The second-order valence-electron chi connectivity index (χ2n) is 5.63. The van der Waals surface area contributed by atoms with E-state index in [1.54, 1.807) is 0 Å². The molecule has 0 aromatic heterocycles. The first-order valence-electron chi connectivity index (χ1n) is 6.05. The summed E-state index contributed by atoms with van der Waals surface area (Å²) < 4.78 is 0. The van der Waals surface area contributed by atoms with Crippen LogP contribution in [-0.2, 0) is 0 Å². The van der Waals surface area contributed by atoms with Gasteiger partial charge in [-0.15, -0.1) is 0 Å². The van der Waals surface area contributed by atoms with Crippen molar-refractivity contribution in [1.29, 1.82) is 0 Å². The molecule has 0 bridgehead atoms. The van der Waals surface area contributed by atoms with Crippen molar-refractivity contribution in [1.82, 2.24) is 5.32 Å². The van der Waals surface area contributed by atoms with Crippen molar-refractivity contribution in [3.05, 3.63) is 0 Å². The maximum atomic E-state index is 9.64. The molecule has 0 aromatic rings. The van der Waals surface area contributed by atoms with Gasteiger partial charge in [0.2, 0.25) is 0 Å². The molecular weight excluding hydrogens is 174 g/mol. The van der Waals surface area contributed by atoms with E-state index in [-0.39, 0.29) is 11.5 Å². The molecule has 0 amide bonds. The van der Waals surface area contributed by atoms with Crippen molar-refractivity contribution in [2.75, 3.05) is 0 Å². The number of rotatable bonds is 2. The van der Waals surface area contributed by atoms with Gasteiger partial charge >= 0.3 is 0 Å². The Morgan fingerprint density at radius 2 is 1.79 bits per heavy atom. The van der Waals surface area contributed by atoms with Gasteiger partial charge in [-0.25, -0.2) is 0 Å². The molecule has 2 unspecified atom stereocenters. The SMILES string of the molecule is CC1(C)C(O)CC1NC1CCCCC1. The zero-order chi connectivity index (χ0) is 10.2. The van der Waals surface area contributed by atoms with Crippen molar-refractivity contribution in [2.24, 2.45) is 5.41 Å². The summed E-state index contributed by atoms with van der Waals surface area (Å²) in [6.07, 6.45) is 7.70. The Bertz CT molecular complexity index is 196. The molecule has 2 nitrogen and oxygen atoms in total. The van der Waals surface area contributed by atoms with Crippen LogP contribution in [-0.4, -0.2) is 23.3 Å². The minimum atomic E-state index is -0.0939. The fraction of sp³-hybridized carbons (Fsp3) is 1.00. The van der Waals surface area contributed by atoms with Crippen LogP contribution in [0.15, 0.2) is 0 Å². The van der Waals surface area contributed by atoms with Crippen molar-refractivity contribution in [3.63, 3.8) is 0 Å². The average Bonchev–Trinajstić information content (AvgIpc) is 2.19. The Kier molecular flexibility index (Phi) is 2.85. The molecule has 2 heteroatoms. The van der Waals surface area contributed by atoms with Gasteiger partial charge in [0.1, 0.15) is 0 Å². The summed E-state index contributed by atoms with van der Waals surface area (Å²) in [7, 11) is 0. The third kappa shape index (κ3) is 1.82. The van der Waals surface area contributed by atoms with Crippen LogP contribution in [0.4, 0.5) is 0 Å². The van der Waals surface area contributed by atoms with E-state index in [0.29, 0.717) is 6.04 Å². The Hall–Kier alpha value is -0.0800. The van der Waals surface area contributed by atoms with Gasteiger partial charge in [-0.05, 0) is 19.3 Å². The van der Waals surface area contributed by atoms with E-state index >= 15 is 0 Å². The molecule has 0 radical (unpaired) electrons. The fourth-order valence-corrected chi connectivity index (χ4v) is 2.74. The summed E-state index contributed by atoms with van der Waals surface area (Å²) in [6, 6.07) is 1.26. The van der Waals surface area contributed by atoms with E-state index < -0.39 is 0 Å². The maximum Gasteiger partial charge on any atom is 0.0621 e. The van der Waals surface area contributed by atoms with Gasteiger partial charge in [-0.1, -0.05) is 33.1 Å². The van der Waals surface area contributed by atoms with Gasteiger partial charge in [-0.3, -0.25) is 0 Å². The molecule has 2 saturated carbocycles. The highest BCUT2D eigenvalue weighted by Crippen LogP contribution is 2.41. The monoisotopic (exact) mass is 197 g/mol. The lowest BCUT2D eigenvalue weighted by Crippen LogP contribution is -2.62. The molecule has 82 valence electrons. The third-order valence-corrected chi connectivity index (χ3v) is 4.26. The summed E-state index contributed by atoms with van der Waals surface area (Å²) in [5.41, 5.74) is 0.0947. The average molecular weight is 197 g/mol. The second kappa shape index (κ2) is 3.82. The van der Waals surface area contributed by atoms with E-state index in [9.17, 15) is 5.11 Å². The van der Waals surface area contributed by atoms with Gasteiger partial charge in [0.05, 0.1) is 6.10 Å². The van der Waals surface area contributed by atoms with Crippen LogP contribution in [0.5, 0.6) is 0 Å². The first kappa shape index (κ1) is 10.4. The van der Waals surface area contributed by atoms with Crippen LogP contribution in [0.3, 0.4) is 0 Å². The van der Waals surface area contributed by atoms with Gasteiger partial charge in [0, 0.05) is 17.5 Å². The fourth-order valence-electron chi connectivity index (χ4n) is 2.74. The topological polar surface area (TPSA) is 32.3 Å². The van der Waals surface area contributed by atoms with Crippen LogP contribution < -0.4 is 5.32 Å². The van der Waals surface area contributed by atoms with Gasteiger partial charge in [0.15, 0.2) is 0 Å². The highest BCUT2D eigenvalue weighted by Gasteiger charge is 2.47. The summed E-state index contributed by atoms with van der Waals surface area (Å²) >= 11 is 0. The molecule has 2 rings (SSSR count). The van der Waals surface area contributed by atoms with Crippen molar-refractivity contribution in [3.8, 4) is 0 Å². The van der Waals surface area contributed by atoms with Gasteiger partial charge in [0.25, 0.3) is 0 Å². The largest absolute Gasteiger partial charge is 0.392 e. The molecule has 2 aliphatic rings. The minimum Gasteiger partial charge on any atom is -0.392 e. The Labute approximate surface area is 87.1 Å². The van der Waals surface area contributed by atoms with Crippen LogP contribution in [0.1, 0.15) is 52.4 Å². The second-order valence-corrected chi connectivity index (χ2v) is 5.63. The normalized spacial score (nSPS) is 37.9. The number of aliphatic hydroxyl groups excluding tert-OH is 1. The summed E-state index contributed by atoms with van der Waals surface area (Å²) in [6.45, 7) is 4.34. The molecule has 2 fully saturated rings. The van der Waals surface area contributed by atoms with Gasteiger partial charge in [-0.2, -0.15) is 0 Å². The van der Waals surface area contributed by atoms with Crippen molar-refractivity contribution >= 4 is 0 Å². The Balaban J connectivity index is 1.80. The zero-order valence-corrected chi connectivity index (χ0v) is 9.42. The molecule has 0 aromatic carbocycles. The maximum absolute atomic E-state index is 9.64. The number of aliphatic hydroxyl groups is 1. The molecular formula is C12H23NO. The highest BCUT2D eigenvalue weighted by atomic mass is 16.3. The molecule has 0 saturated heterocycles. The summed E-state index contributed by atoms with van der Waals surface area (Å²) in [4.78, 5) is 0. The lowest BCUT2D eigenvalue weighted by Gasteiger charge is -2.51. The third-order valence-electron chi connectivity index (χ3n) is 4.26. The molecule has 0 spiro atoms. The molecule has 2 N–H and O–H groups in total. The summed E-state index contributed by atoms with van der Waals surface area (Å²) in [5, 5.41) is 13.4. The predicted molar refractivity (Wildman–Crippen MR) is 58.2 cm³/mol. The summed E-state index contributed by atoms with van der Waals surface area (Å²) in [5.74, 6) is 0. The molecule has 2 atom stereocenters.